The summed E-state index contributed by atoms with van der Waals surface area (Å²) in [5.41, 5.74) is 1.92. The number of halogens is 1. The molecule has 2 aromatic rings. The van der Waals surface area contributed by atoms with E-state index in [1.807, 2.05) is 31.2 Å². The Hall–Kier alpha value is -1.72. The summed E-state index contributed by atoms with van der Waals surface area (Å²) in [5, 5.41) is 0. The van der Waals surface area contributed by atoms with Gasteiger partial charge in [-0.05, 0) is 24.6 Å². The smallest absolute Gasteiger partial charge is 0.207 e. The molecule has 2 aromatic carbocycles. The van der Waals surface area contributed by atoms with Crippen LogP contribution < -0.4 is 4.72 Å². The number of sulfonamides is 1. The highest BCUT2D eigenvalue weighted by Crippen LogP contribution is 2.13. The second-order valence-electron chi connectivity index (χ2n) is 4.24. The lowest BCUT2D eigenvalue weighted by Gasteiger charge is -2.07. The topological polar surface area (TPSA) is 46.2 Å². The molecule has 0 heterocycles. The molecular weight excluding hydrogens is 265 g/mol. The first-order valence-corrected chi connectivity index (χ1v) is 7.27. The molecule has 0 atom stereocenters. The minimum absolute atomic E-state index is 0.136. The van der Waals surface area contributed by atoms with Gasteiger partial charge in [0.2, 0.25) is 10.0 Å². The molecule has 0 aromatic heterocycles. The molecule has 100 valence electrons. The van der Waals surface area contributed by atoms with Crippen molar-refractivity contribution in [2.24, 2.45) is 0 Å². The molecule has 5 heteroatoms. The summed E-state index contributed by atoms with van der Waals surface area (Å²) in [6.07, 6.45) is 0. The normalized spacial score (nSPS) is 11.5. The molecule has 0 aliphatic rings. The molecule has 0 saturated heterocycles. The van der Waals surface area contributed by atoms with Gasteiger partial charge in [0.15, 0.2) is 0 Å². The van der Waals surface area contributed by atoms with Gasteiger partial charge in [-0.1, -0.05) is 42.0 Å². The Morgan fingerprint density at radius 2 is 1.68 bits per heavy atom. The Balaban J connectivity index is 2.14. The van der Waals surface area contributed by atoms with Crippen LogP contribution in [0.1, 0.15) is 11.1 Å². The number of rotatable bonds is 4. The molecule has 2 rings (SSSR count). The zero-order chi connectivity index (χ0) is 13.9. The lowest BCUT2D eigenvalue weighted by Crippen LogP contribution is -2.24. The van der Waals surface area contributed by atoms with Crippen molar-refractivity contribution in [2.45, 2.75) is 18.4 Å². The van der Waals surface area contributed by atoms with Crippen molar-refractivity contribution in [3.05, 3.63) is 65.5 Å². The van der Waals surface area contributed by atoms with Crippen LogP contribution in [0, 0.1) is 12.7 Å². The van der Waals surface area contributed by atoms with Crippen LogP contribution in [0.5, 0.6) is 0 Å². The number of benzene rings is 2. The minimum atomic E-state index is -3.82. The van der Waals surface area contributed by atoms with Crippen molar-refractivity contribution in [2.75, 3.05) is 0 Å². The standard InChI is InChI=1S/C14H14FNO2S/c1-11-6-8-12(9-7-11)10-16-19(17,18)14-5-3-2-4-13(14)15/h2-9,16H,10H2,1H3. The third-order valence-corrected chi connectivity index (χ3v) is 4.15. The molecule has 0 aliphatic heterocycles. The van der Waals surface area contributed by atoms with Crippen LogP contribution in [0.4, 0.5) is 4.39 Å². The molecule has 1 N–H and O–H groups in total. The quantitative estimate of drug-likeness (QED) is 0.935. The van der Waals surface area contributed by atoms with E-state index >= 15 is 0 Å². The van der Waals surface area contributed by atoms with Crippen LogP contribution in [-0.4, -0.2) is 8.42 Å². The average Bonchev–Trinajstić information content (AvgIpc) is 2.38. The zero-order valence-electron chi connectivity index (χ0n) is 10.4. The van der Waals surface area contributed by atoms with Gasteiger partial charge in [-0.3, -0.25) is 0 Å². The molecule has 0 saturated carbocycles. The highest BCUT2D eigenvalue weighted by molar-refractivity contribution is 7.89. The number of nitrogens with one attached hydrogen (secondary N) is 1. The molecule has 0 bridgehead atoms. The van der Waals surface area contributed by atoms with E-state index in [4.69, 9.17) is 0 Å². The van der Waals surface area contributed by atoms with Gasteiger partial charge in [0, 0.05) is 6.54 Å². The van der Waals surface area contributed by atoms with E-state index in [1.54, 1.807) is 0 Å². The number of aryl methyl sites for hydroxylation is 1. The second-order valence-corrected chi connectivity index (χ2v) is 5.98. The van der Waals surface area contributed by atoms with E-state index in [0.29, 0.717) is 0 Å². The fourth-order valence-electron chi connectivity index (χ4n) is 1.62. The molecule has 0 aliphatic carbocycles. The van der Waals surface area contributed by atoms with Crippen molar-refractivity contribution in [3.63, 3.8) is 0 Å². The molecule has 0 amide bonds. The van der Waals surface area contributed by atoms with Gasteiger partial charge >= 0.3 is 0 Å². The monoisotopic (exact) mass is 279 g/mol. The second kappa shape index (κ2) is 5.50. The van der Waals surface area contributed by atoms with Crippen LogP contribution in [0.2, 0.25) is 0 Å². The van der Waals surface area contributed by atoms with Gasteiger partial charge in [-0.2, -0.15) is 0 Å². The number of hydrogen-bond donors (Lipinski definition) is 1. The highest BCUT2D eigenvalue weighted by Gasteiger charge is 2.17. The fraction of sp³-hybridized carbons (Fsp3) is 0.143. The molecule has 3 nitrogen and oxygen atoms in total. The van der Waals surface area contributed by atoms with Crippen LogP contribution in [-0.2, 0) is 16.6 Å². The third kappa shape index (κ3) is 3.39. The summed E-state index contributed by atoms with van der Waals surface area (Å²) in [5.74, 6) is -0.751. The summed E-state index contributed by atoms with van der Waals surface area (Å²) in [6.45, 7) is 2.09. The molecular formula is C14H14FNO2S. The molecule has 0 fully saturated rings. The van der Waals surface area contributed by atoms with Crippen molar-refractivity contribution in [3.8, 4) is 0 Å². The van der Waals surface area contributed by atoms with E-state index in [1.165, 1.54) is 18.2 Å². The lowest BCUT2D eigenvalue weighted by atomic mass is 10.2. The maximum absolute atomic E-state index is 13.4. The first-order chi connectivity index (χ1) is 8.99. The maximum Gasteiger partial charge on any atom is 0.243 e. The maximum atomic E-state index is 13.4. The first kappa shape index (κ1) is 13.7. The lowest BCUT2D eigenvalue weighted by molar-refractivity contribution is 0.557. The highest BCUT2D eigenvalue weighted by atomic mass is 32.2. The molecule has 0 spiro atoms. The van der Waals surface area contributed by atoms with Crippen molar-refractivity contribution < 1.29 is 12.8 Å². The average molecular weight is 279 g/mol. The van der Waals surface area contributed by atoms with Crippen molar-refractivity contribution in [1.29, 1.82) is 0 Å². The zero-order valence-corrected chi connectivity index (χ0v) is 11.2. The van der Waals surface area contributed by atoms with Crippen LogP contribution >= 0.6 is 0 Å². The Morgan fingerprint density at radius 1 is 1.05 bits per heavy atom. The third-order valence-electron chi connectivity index (χ3n) is 2.71. The van der Waals surface area contributed by atoms with Gasteiger partial charge in [0.1, 0.15) is 10.7 Å². The van der Waals surface area contributed by atoms with Gasteiger partial charge < -0.3 is 0 Å². The predicted octanol–water partition coefficient (Wildman–Crippen LogP) is 2.61. The molecule has 19 heavy (non-hydrogen) atoms. The van der Waals surface area contributed by atoms with E-state index in [0.717, 1.165) is 17.2 Å². The van der Waals surface area contributed by atoms with Gasteiger partial charge in [0.25, 0.3) is 0 Å². The number of hydrogen-bond acceptors (Lipinski definition) is 2. The Kier molecular flexibility index (Phi) is 3.97. The minimum Gasteiger partial charge on any atom is -0.207 e. The summed E-state index contributed by atoms with van der Waals surface area (Å²) in [6, 6.07) is 12.8. The Bertz CT molecular complexity index is 666. The summed E-state index contributed by atoms with van der Waals surface area (Å²) in [7, 11) is -3.82. The molecule has 0 unspecified atom stereocenters. The van der Waals surface area contributed by atoms with E-state index in [9.17, 15) is 12.8 Å². The SMILES string of the molecule is Cc1ccc(CNS(=O)(=O)c2ccccc2F)cc1. The van der Waals surface area contributed by atoms with Gasteiger partial charge in [-0.25, -0.2) is 17.5 Å². The summed E-state index contributed by atoms with van der Waals surface area (Å²) >= 11 is 0. The first-order valence-electron chi connectivity index (χ1n) is 5.79. The Labute approximate surface area is 112 Å². The van der Waals surface area contributed by atoms with Crippen LogP contribution in [0.15, 0.2) is 53.4 Å². The summed E-state index contributed by atoms with van der Waals surface area (Å²) in [4.78, 5) is -0.331. The predicted molar refractivity (Wildman–Crippen MR) is 71.6 cm³/mol. The van der Waals surface area contributed by atoms with E-state index in [-0.39, 0.29) is 11.4 Å². The molecule has 0 radical (unpaired) electrons. The summed E-state index contributed by atoms with van der Waals surface area (Å²) < 4.78 is 39.7. The van der Waals surface area contributed by atoms with Crippen molar-refractivity contribution in [1.82, 2.24) is 4.72 Å². The Morgan fingerprint density at radius 3 is 2.32 bits per heavy atom. The van der Waals surface area contributed by atoms with E-state index in [2.05, 4.69) is 4.72 Å². The van der Waals surface area contributed by atoms with Gasteiger partial charge in [-0.15, -0.1) is 0 Å². The van der Waals surface area contributed by atoms with Gasteiger partial charge in [0.05, 0.1) is 0 Å². The van der Waals surface area contributed by atoms with Crippen LogP contribution in [0.3, 0.4) is 0 Å². The van der Waals surface area contributed by atoms with E-state index < -0.39 is 15.8 Å². The fourth-order valence-corrected chi connectivity index (χ4v) is 2.72. The largest absolute Gasteiger partial charge is 0.243 e. The van der Waals surface area contributed by atoms with Crippen molar-refractivity contribution >= 4 is 10.0 Å². The van der Waals surface area contributed by atoms with Crippen LogP contribution in [0.25, 0.3) is 0 Å².